The quantitative estimate of drug-likeness (QED) is 0.216. The molecule has 0 saturated carbocycles. The second-order valence-electron chi connectivity index (χ2n) is 10.0. The highest BCUT2D eigenvalue weighted by molar-refractivity contribution is 7.80. The molecule has 4 heteroatoms. The molecule has 0 heterocycles. The van der Waals surface area contributed by atoms with Gasteiger partial charge in [0.2, 0.25) is 8.32 Å². The van der Waals surface area contributed by atoms with Crippen molar-refractivity contribution in [1.82, 2.24) is 0 Å². The second-order valence-corrected chi connectivity index (χ2v) is 16.9. The highest BCUT2D eigenvalue weighted by atomic mass is 31.1. The lowest BCUT2D eigenvalue weighted by Crippen LogP contribution is -2.44. The van der Waals surface area contributed by atoms with Crippen LogP contribution in [0.15, 0.2) is 109 Å². The average Bonchev–Trinajstić information content (AvgIpc) is 2.82. The lowest BCUT2D eigenvalue weighted by molar-refractivity contribution is 0.492. The van der Waals surface area contributed by atoms with Crippen LogP contribution in [0, 0.1) is 0 Å². The Bertz CT molecular complexity index is 1170. The van der Waals surface area contributed by atoms with Gasteiger partial charge in [0.25, 0.3) is 0 Å². The van der Waals surface area contributed by atoms with Gasteiger partial charge in [-0.3, -0.25) is 0 Å². The zero-order valence-corrected chi connectivity index (χ0v) is 22.6. The van der Waals surface area contributed by atoms with E-state index in [1.807, 2.05) is 6.07 Å². The summed E-state index contributed by atoms with van der Waals surface area (Å²) in [5.41, 5.74) is 2.20. The average molecular weight is 484 g/mol. The van der Waals surface area contributed by atoms with Gasteiger partial charge in [-0.1, -0.05) is 99.6 Å². The molecular weight excluding hydrogens is 449 g/mol. The van der Waals surface area contributed by atoms with Gasteiger partial charge in [0.15, 0.2) is 0 Å². The van der Waals surface area contributed by atoms with Crippen molar-refractivity contribution < 1.29 is 4.43 Å². The maximum Gasteiger partial charge on any atom is 0.250 e. The molecule has 0 spiro atoms. The molecule has 0 bridgehead atoms. The SMILES string of the molecule is CC(C)(C)[Si](C)(C)Oc1ccc(Nc2ccccc2)c(P(c2ccccc2)c2ccccc2)c1. The minimum Gasteiger partial charge on any atom is -0.543 e. The molecular formula is C30H34NOPSi. The van der Waals surface area contributed by atoms with Gasteiger partial charge in [0, 0.05) is 16.7 Å². The minimum atomic E-state index is -1.97. The van der Waals surface area contributed by atoms with Crippen LogP contribution in [0.5, 0.6) is 5.75 Å². The van der Waals surface area contributed by atoms with E-state index in [0.717, 1.165) is 17.1 Å². The smallest absolute Gasteiger partial charge is 0.250 e. The molecule has 1 N–H and O–H groups in total. The van der Waals surface area contributed by atoms with Crippen LogP contribution in [0.4, 0.5) is 11.4 Å². The van der Waals surface area contributed by atoms with Crippen molar-refractivity contribution in [3.63, 3.8) is 0 Å². The Balaban J connectivity index is 1.86. The molecule has 0 unspecified atom stereocenters. The molecule has 4 aromatic carbocycles. The predicted octanol–water partition coefficient (Wildman–Crippen LogP) is 7.57. The van der Waals surface area contributed by atoms with E-state index in [1.54, 1.807) is 0 Å². The standard InChI is InChI=1S/C30H34NOPSi/c1-30(2,3)34(4,5)32-25-21-22-28(31-24-15-9-6-10-16-24)29(23-25)33(26-17-11-7-12-18-26)27-19-13-8-14-20-27/h6-23,31H,1-5H3. The Kier molecular flexibility index (Phi) is 7.26. The molecule has 0 amide bonds. The van der Waals surface area contributed by atoms with Crippen molar-refractivity contribution >= 4 is 43.5 Å². The molecule has 34 heavy (non-hydrogen) atoms. The van der Waals surface area contributed by atoms with E-state index in [-0.39, 0.29) is 5.04 Å². The number of benzene rings is 4. The Hall–Kier alpha value is -2.87. The maximum absolute atomic E-state index is 6.76. The van der Waals surface area contributed by atoms with Crippen molar-refractivity contribution in [2.24, 2.45) is 0 Å². The summed E-state index contributed by atoms with van der Waals surface area (Å²) in [6.45, 7) is 11.5. The van der Waals surface area contributed by atoms with Crippen LogP contribution in [-0.2, 0) is 0 Å². The van der Waals surface area contributed by atoms with Crippen LogP contribution in [0.1, 0.15) is 20.8 Å². The third kappa shape index (κ3) is 5.60. The zero-order valence-electron chi connectivity index (χ0n) is 20.7. The van der Waals surface area contributed by atoms with E-state index >= 15 is 0 Å². The first kappa shape index (κ1) is 24.3. The fraction of sp³-hybridized carbons (Fsp3) is 0.200. The normalized spacial score (nSPS) is 11.9. The van der Waals surface area contributed by atoms with Gasteiger partial charge in [-0.15, -0.1) is 0 Å². The number of para-hydroxylation sites is 1. The molecule has 0 aliphatic heterocycles. The molecule has 2 nitrogen and oxygen atoms in total. The fourth-order valence-electron chi connectivity index (χ4n) is 3.57. The van der Waals surface area contributed by atoms with E-state index in [2.05, 4.69) is 142 Å². The molecule has 4 rings (SSSR count). The summed E-state index contributed by atoms with van der Waals surface area (Å²) in [5.74, 6) is 0.958. The summed E-state index contributed by atoms with van der Waals surface area (Å²) in [4.78, 5) is 0. The van der Waals surface area contributed by atoms with Crippen LogP contribution >= 0.6 is 7.92 Å². The molecule has 0 aliphatic carbocycles. The first-order valence-corrected chi connectivity index (χ1v) is 16.0. The Labute approximate surface area is 206 Å². The van der Waals surface area contributed by atoms with Crippen molar-refractivity contribution in [2.75, 3.05) is 5.32 Å². The van der Waals surface area contributed by atoms with Gasteiger partial charge >= 0.3 is 0 Å². The monoisotopic (exact) mass is 483 g/mol. The van der Waals surface area contributed by atoms with E-state index < -0.39 is 16.2 Å². The summed E-state index contributed by atoms with van der Waals surface area (Å²) < 4.78 is 6.76. The first-order valence-electron chi connectivity index (χ1n) is 11.8. The molecule has 0 aliphatic rings. The summed E-state index contributed by atoms with van der Waals surface area (Å²) in [7, 11) is -2.74. The number of rotatable bonds is 7. The second kappa shape index (κ2) is 10.2. The van der Waals surface area contributed by atoms with Gasteiger partial charge in [-0.05, 0) is 67.0 Å². The van der Waals surface area contributed by atoms with Crippen LogP contribution in [0.3, 0.4) is 0 Å². The zero-order chi connectivity index (χ0) is 24.2. The highest BCUT2D eigenvalue weighted by Gasteiger charge is 2.39. The molecule has 174 valence electrons. The van der Waals surface area contributed by atoms with Crippen molar-refractivity contribution in [1.29, 1.82) is 0 Å². The third-order valence-corrected chi connectivity index (χ3v) is 13.3. The molecule has 0 atom stereocenters. The van der Waals surface area contributed by atoms with E-state index in [9.17, 15) is 0 Å². The summed E-state index contributed by atoms with van der Waals surface area (Å²) >= 11 is 0. The fourth-order valence-corrected chi connectivity index (χ4v) is 7.02. The van der Waals surface area contributed by atoms with Crippen LogP contribution in [-0.4, -0.2) is 8.32 Å². The number of hydrogen-bond acceptors (Lipinski definition) is 2. The van der Waals surface area contributed by atoms with E-state index in [0.29, 0.717) is 0 Å². The number of hydrogen-bond donors (Lipinski definition) is 1. The van der Waals surface area contributed by atoms with Crippen LogP contribution in [0.25, 0.3) is 0 Å². The summed E-state index contributed by atoms with van der Waals surface area (Å²) in [5, 5.41) is 7.74. The van der Waals surface area contributed by atoms with Gasteiger partial charge in [-0.2, -0.15) is 0 Å². The molecule has 4 aromatic rings. The minimum absolute atomic E-state index is 0.137. The largest absolute Gasteiger partial charge is 0.543 e. The number of nitrogens with one attached hydrogen (secondary N) is 1. The van der Waals surface area contributed by atoms with Crippen molar-refractivity contribution in [2.45, 2.75) is 38.9 Å². The maximum atomic E-state index is 6.76. The lowest BCUT2D eigenvalue weighted by atomic mass is 10.2. The first-order chi connectivity index (χ1) is 16.2. The summed E-state index contributed by atoms with van der Waals surface area (Å²) in [6.07, 6.45) is 0. The van der Waals surface area contributed by atoms with E-state index in [1.165, 1.54) is 15.9 Å². The Morgan fingerprint density at radius 1 is 0.676 bits per heavy atom. The van der Waals surface area contributed by atoms with Gasteiger partial charge in [0.1, 0.15) is 5.75 Å². The number of anilines is 2. The van der Waals surface area contributed by atoms with Crippen molar-refractivity contribution in [3.8, 4) is 5.75 Å². The van der Waals surface area contributed by atoms with Crippen LogP contribution in [0.2, 0.25) is 18.1 Å². The van der Waals surface area contributed by atoms with Crippen molar-refractivity contribution in [3.05, 3.63) is 109 Å². The Morgan fingerprint density at radius 3 is 1.68 bits per heavy atom. The topological polar surface area (TPSA) is 21.3 Å². The molecule has 0 fully saturated rings. The molecule has 0 saturated heterocycles. The Morgan fingerprint density at radius 2 is 1.18 bits per heavy atom. The van der Waals surface area contributed by atoms with Crippen LogP contribution < -0.4 is 25.7 Å². The highest BCUT2D eigenvalue weighted by Crippen LogP contribution is 2.41. The van der Waals surface area contributed by atoms with Gasteiger partial charge in [-0.25, -0.2) is 0 Å². The molecule has 0 radical (unpaired) electrons. The molecule has 0 aromatic heterocycles. The van der Waals surface area contributed by atoms with Gasteiger partial charge in [0.05, 0.1) is 0 Å². The van der Waals surface area contributed by atoms with E-state index in [4.69, 9.17) is 4.43 Å². The summed E-state index contributed by atoms with van der Waals surface area (Å²) in [6, 6.07) is 38.6. The lowest BCUT2D eigenvalue weighted by Gasteiger charge is -2.36. The predicted molar refractivity (Wildman–Crippen MR) is 153 cm³/mol. The van der Waals surface area contributed by atoms with Gasteiger partial charge < -0.3 is 9.74 Å². The third-order valence-electron chi connectivity index (χ3n) is 6.47.